The van der Waals surface area contributed by atoms with Crippen molar-refractivity contribution in [3.8, 4) is 0 Å². The average Bonchev–Trinajstić information content (AvgIpc) is 3.42. The summed E-state index contributed by atoms with van der Waals surface area (Å²) in [4.78, 5) is 22.1. The van der Waals surface area contributed by atoms with Gasteiger partial charge in [0.2, 0.25) is 5.91 Å². The number of aryl methyl sites for hydroxylation is 1. The number of amides is 1. The van der Waals surface area contributed by atoms with Gasteiger partial charge in [-0.1, -0.05) is 42.0 Å². The lowest BCUT2D eigenvalue weighted by atomic mass is 10.2. The van der Waals surface area contributed by atoms with E-state index in [9.17, 15) is 4.79 Å². The van der Waals surface area contributed by atoms with E-state index in [0.29, 0.717) is 23.9 Å². The van der Waals surface area contributed by atoms with Crippen LogP contribution in [-0.4, -0.2) is 26.3 Å². The fraction of sp³-hybridized carbons (Fsp3) is 0.368. The lowest BCUT2D eigenvalue weighted by Gasteiger charge is -2.15. The van der Waals surface area contributed by atoms with Crippen molar-refractivity contribution in [3.05, 3.63) is 41.9 Å². The minimum atomic E-state index is -0.266. The van der Waals surface area contributed by atoms with Crippen LogP contribution in [0.3, 0.4) is 0 Å². The summed E-state index contributed by atoms with van der Waals surface area (Å²) in [5, 5.41) is 8.25. The number of hydrogen-bond donors (Lipinski definition) is 1. The van der Waals surface area contributed by atoms with Gasteiger partial charge in [-0.15, -0.1) is 0 Å². The molecule has 2 aromatic heterocycles. The fourth-order valence-corrected chi connectivity index (χ4v) is 3.82. The molecule has 1 amide bonds. The van der Waals surface area contributed by atoms with Crippen molar-refractivity contribution >= 4 is 34.4 Å². The second-order valence-corrected chi connectivity index (χ2v) is 7.70. The van der Waals surface area contributed by atoms with Gasteiger partial charge in [0.05, 0.1) is 10.8 Å². The summed E-state index contributed by atoms with van der Waals surface area (Å²) in [6, 6.07) is 9.69. The van der Waals surface area contributed by atoms with Crippen molar-refractivity contribution in [1.82, 2.24) is 15.1 Å². The van der Waals surface area contributed by atoms with Gasteiger partial charge in [-0.25, -0.2) is 9.97 Å². The van der Waals surface area contributed by atoms with E-state index in [-0.39, 0.29) is 11.2 Å². The summed E-state index contributed by atoms with van der Waals surface area (Å²) in [6.07, 6.45) is 2.97. The molecule has 0 saturated heterocycles. The largest absolute Gasteiger partial charge is 0.360 e. The van der Waals surface area contributed by atoms with Gasteiger partial charge in [-0.3, -0.25) is 4.79 Å². The van der Waals surface area contributed by atoms with Gasteiger partial charge < -0.3 is 9.84 Å². The number of nitrogens with zero attached hydrogens (tertiary/aromatic N) is 3. The molecule has 1 aliphatic carbocycles. The maximum absolute atomic E-state index is 12.7. The van der Waals surface area contributed by atoms with Crippen LogP contribution in [0.4, 0.5) is 5.82 Å². The molecule has 0 spiro atoms. The number of hydrogen-bond acceptors (Lipinski definition) is 6. The Hall–Kier alpha value is -2.41. The Balaban J connectivity index is 1.60. The smallest absolute Gasteiger partial charge is 0.239 e. The molecule has 6 nitrogen and oxygen atoms in total. The number of fused-ring (bicyclic) bond motifs is 1. The molecule has 0 bridgehead atoms. The molecule has 1 aromatic carbocycles. The van der Waals surface area contributed by atoms with Crippen LogP contribution in [0, 0.1) is 6.92 Å². The zero-order chi connectivity index (χ0) is 18.1. The Bertz CT molecular complexity index is 952. The lowest BCUT2D eigenvalue weighted by molar-refractivity contribution is -0.115. The lowest BCUT2D eigenvalue weighted by Crippen LogP contribution is -2.25. The van der Waals surface area contributed by atoms with Gasteiger partial charge in [-0.2, -0.15) is 0 Å². The summed E-state index contributed by atoms with van der Waals surface area (Å²) in [6.45, 7) is 3.79. The van der Waals surface area contributed by atoms with Crippen LogP contribution in [0.15, 0.2) is 39.9 Å². The molecule has 1 unspecified atom stereocenters. The summed E-state index contributed by atoms with van der Waals surface area (Å²) >= 11 is 1.49. The maximum atomic E-state index is 12.7. The fourth-order valence-electron chi connectivity index (χ4n) is 2.77. The highest BCUT2D eigenvalue weighted by Crippen LogP contribution is 2.40. The summed E-state index contributed by atoms with van der Waals surface area (Å²) < 4.78 is 5.01. The number of carbonyl (C=O) groups is 1. The molecule has 0 aliphatic heterocycles. The maximum Gasteiger partial charge on any atom is 0.239 e. The first-order valence-corrected chi connectivity index (χ1v) is 9.69. The monoisotopic (exact) mass is 368 g/mol. The Morgan fingerprint density at radius 3 is 2.85 bits per heavy atom. The number of rotatable bonds is 6. The molecule has 1 atom stereocenters. The van der Waals surface area contributed by atoms with Crippen LogP contribution in [0.25, 0.3) is 10.9 Å². The normalized spacial score (nSPS) is 15.2. The van der Waals surface area contributed by atoms with E-state index in [1.54, 1.807) is 13.0 Å². The van der Waals surface area contributed by atoms with Crippen LogP contribution in [0.1, 0.15) is 43.7 Å². The zero-order valence-electron chi connectivity index (χ0n) is 14.7. The predicted molar refractivity (Wildman–Crippen MR) is 101 cm³/mol. The van der Waals surface area contributed by atoms with Gasteiger partial charge in [0.15, 0.2) is 5.82 Å². The van der Waals surface area contributed by atoms with Crippen LogP contribution >= 0.6 is 11.8 Å². The minimum Gasteiger partial charge on any atom is -0.360 e. The van der Waals surface area contributed by atoms with E-state index in [2.05, 4.69) is 10.5 Å². The average molecular weight is 368 g/mol. The molecule has 4 rings (SSSR count). The molecule has 1 saturated carbocycles. The van der Waals surface area contributed by atoms with E-state index in [4.69, 9.17) is 14.5 Å². The molecule has 2 heterocycles. The molecule has 1 fully saturated rings. The van der Waals surface area contributed by atoms with Gasteiger partial charge in [0.1, 0.15) is 16.6 Å². The standard InChI is InChI=1S/C19H20N4O2S/c1-3-15(18(24)21-16-10-11(2)25-23-16)26-19-13-6-4-5-7-14(13)20-17(22-19)12-8-9-12/h4-7,10,12,15H,3,8-9H2,1-2H3,(H,21,23,24). The van der Waals surface area contributed by atoms with Crippen molar-refractivity contribution < 1.29 is 9.32 Å². The number of para-hydroxylation sites is 1. The molecule has 26 heavy (non-hydrogen) atoms. The Labute approximate surface area is 155 Å². The molecule has 134 valence electrons. The van der Waals surface area contributed by atoms with Crippen molar-refractivity contribution in [1.29, 1.82) is 0 Å². The third-order valence-electron chi connectivity index (χ3n) is 4.32. The van der Waals surface area contributed by atoms with Crippen LogP contribution in [0.2, 0.25) is 0 Å². The molecule has 3 aromatic rings. The molecular weight excluding hydrogens is 348 g/mol. The molecular formula is C19H20N4O2S. The first-order chi connectivity index (χ1) is 12.6. The Kier molecular flexibility index (Phi) is 4.63. The Morgan fingerprint density at radius 1 is 1.35 bits per heavy atom. The molecule has 7 heteroatoms. The van der Waals surface area contributed by atoms with Gasteiger partial charge >= 0.3 is 0 Å². The highest BCUT2D eigenvalue weighted by molar-refractivity contribution is 8.00. The first kappa shape index (κ1) is 17.0. The minimum absolute atomic E-state index is 0.0959. The van der Waals surface area contributed by atoms with Gasteiger partial charge in [0, 0.05) is 17.4 Å². The SMILES string of the molecule is CCC(Sc1nc(C2CC2)nc2ccccc12)C(=O)Nc1cc(C)on1. The third-order valence-corrected chi connectivity index (χ3v) is 5.69. The van der Waals surface area contributed by atoms with Crippen molar-refractivity contribution in [2.24, 2.45) is 0 Å². The number of benzene rings is 1. The van der Waals surface area contributed by atoms with E-state index >= 15 is 0 Å². The second kappa shape index (κ2) is 7.07. The van der Waals surface area contributed by atoms with Crippen molar-refractivity contribution in [2.45, 2.75) is 49.3 Å². The van der Waals surface area contributed by atoms with E-state index < -0.39 is 0 Å². The van der Waals surface area contributed by atoms with Gasteiger partial charge in [0.25, 0.3) is 0 Å². The van der Waals surface area contributed by atoms with Crippen LogP contribution in [0.5, 0.6) is 0 Å². The van der Waals surface area contributed by atoms with Crippen LogP contribution in [-0.2, 0) is 4.79 Å². The van der Waals surface area contributed by atoms with E-state index in [1.807, 2.05) is 31.2 Å². The van der Waals surface area contributed by atoms with Crippen LogP contribution < -0.4 is 5.32 Å². The zero-order valence-corrected chi connectivity index (χ0v) is 15.5. The molecule has 1 N–H and O–H groups in total. The quantitative estimate of drug-likeness (QED) is 0.516. The third kappa shape index (κ3) is 3.58. The molecule has 0 radical (unpaired) electrons. The Morgan fingerprint density at radius 2 is 2.15 bits per heavy atom. The van der Waals surface area contributed by atoms with Gasteiger partial charge in [-0.05, 0) is 32.3 Å². The highest BCUT2D eigenvalue weighted by Gasteiger charge is 2.28. The van der Waals surface area contributed by atoms with Crippen molar-refractivity contribution in [2.75, 3.05) is 5.32 Å². The number of thioether (sulfide) groups is 1. The summed E-state index contributed by atoms with van der Waals surface area (Å²) in [5.74, 6) is 2.37. The number of carbonyl (C=O) groups excluding carboxylic acids is 1. The highest BCUT2D eigenvalue weighted by atomic mass is 32.2. The summed E-state index contributed by atoms with van der Waals surface area (Å²) in [5.41, 5.74) is 0.939. The topological polar surface area (TPSA) is 80.9 Å². The van der Waals surface area contributed by atoms with Crippen molar-refractivity contribution in [3.63, 3.8) is 0 Å². The molecule has 1 aliphatic rings. The predicted octanol–water partition coefficient (Wildman–Crippen LogP) is 4.31. The van der Waals surface area contributed by atoms with E-state index in [0.717, 1.165) is 34.6 Å². The number of nitrogens with one attached hydrogen (secondary N) is 1. The second-order valence-electron chi connectivity index (χ2n) is 6.51. The summed E-state index contributed by atoms with van der Waals surface area (Å²) in [7, 11) is 0. The van der Waals surface area contributed by atoms with E-state index in [1.165, 1.54) is 11.8 Å². The number of anilines is 1. The first-order valence-electron chi connectivity index (χ1n) is 8.81. The number of aromatic nitrogens is 3.